The molecule has 0 aliphatic rings. The van der Waals surface area contributed by atoms with E-state index in [-0.39, 0.29) is 18.2 Å². The van der Waals surface area contributed by atoms with Crippen molar-refractivity contribution in [3.63, 3.8) is 0 Å². The maximum Gasteiger partial charge on any atom is 0.322 e. The van der Waals surface area contributed by atoms with Crippen LogP contribution in [0.25, 0.3) is 0 Å². The maximum atomic E-state index is 11.2. The van der Waals surface area contributed by atoms with Crippen molar-refractivity contribution in [1.29, 1.82) is 0 Å². The number of rotatable bonds is 5. The van der Waals surface area contributed by atoms with Gasteiger partial charge in [-0.2, -0.15) is 0 Å². The molecule has 0 saturated heterocycles. The summed E-state index contributed by atoms with van der Waals surface area (Å²) < 4.78 is 0. The van der Waals surface area contributed by atoms with E-state index in [0.717, 1.165) is 4.90 Å². The molecule has 0 saturated carbocycles. The SMILES string of the molecule is Cc1ccc(SCC(=O)NCC(=O)O)cc1. The van der Waals surface area contributed by atoms with Crippen LogP contribution in [0.5, 0.6) is 0 Å². The van der Waals surface area contributed by atoms with Gasteiger partial charge in [0.1, 0.15) is 6.54 Å². The van der Waals surface area contributed by atoms with Crippen molar-refractivity contribution < 1.29 is 14.7 Å². The fourth-order valence-corrected chi connectivity index (χ4v) is 1.74. The zero-order valence-electron chi connectivity index (χ0n) is 8.90. The minimum absolute atomic E-state index is 0.232. The average Bonchev–Trinajstić information content (AvgIpc) is 2.25. The van der Waals surface area contributed by atoms with E-state index in [9.17, 15) is 9.59 Å². The molecule has 16 heavy (non-hydrogen) atoms. The summed E-state index contributed by atoms with van der Waals surface area (Å²) in [5, 5.41) is 10.7. The maximum absolute atomic E-state index is 11.2. The average molecular weight is 239 g/mol. The standard InChI is InChI=1S/C11H13NO3S/c1-8-2-4-9(5-3-8)16-7-10(13)12-6-11(14)15/h2-5H,6-7H2,1H3,(H,12,13)(H,14,15). The second-order valence-corrected chi connectivity index (χ2v) is 4.32. The summed E-state index contributed by atoms with van der Waals surface area (Å²) in [6.45, 7) is 1.67. The van der Waals surface area contributed by atoms with Gasteiger partial charge in [0.05, 0.1) is 5.75 Å². The quantitative estimate of drug-likeness (QED) is 0.760. The molecule has 0 atom stereocenters. The zero-order valence-corrected chi connectivity index (χ0v) is 9.71. The van der Waals surface area contributed by atoms with E-state index < -0.39 is 5.97 Å². The van der Waals surface area contributed by atoms with E-state index in [1.165, 1.54) is 17.3 Å². The van der Waals surface area contributed by atoms with Gasteiger partial charge in [-0.3, -0.25) is 9.59 Å². The Morgan fingerprint density at radius 2 is 1.94 bits per heavy atom. The van der Waals surface area contributed by atoms with Crippen LogP contribution in [-0.4, -0.2) is 29.3 Å². The predicted octanol–water partition coefficient (Wildman–Crippen LogP) is 1.29. The topological polar surface area (TPSA) is 66.4 Å². The fraction of sp³-hybridized carbons (Fsp3) is 0.273. The summed E-state index contributed by atoms with van der Waals surface area (Å²) in [4.78, 5) is 22.4. The van der Waals surface area contributed by atoms with Crippen LogP contribution >= 0.6 is 11.8 Å². The minimum atomic E-state index is -1.03. The molecule has 0 fully saturated rings. The first-order valence-corrected chi connectivity index (χ1v) is 5.74. The smallest absolute Gasteiger partial charge is 0.322 e. The lowest BCUT2D eigenvalue weighted by Crippen LogP contribution is -2.30. The zero-order chi connectivity index (χ0) is 12.0. The van der Waals surface area contributed by atoms with Gasteiger partial charge in [0.25, 0.3) is 0 Å². The molecule has 1 aromatic rings. The predicted molar refractivity (Wildman–Crippen MR) is 62.5 cm³/mol. The highest BCUT2D eigenvalue weighted by atomic mass is 32.2. The first-order valence-electron chi connectivity index (χ1n) is 4.76. The van der Waals surface area contributed by atoms with E-state index in [1.54, 1.807) is 0 Å². The van der Waals surface area contributed by atoms with Gasteiger partial charge in [0.2, 0.25) is 5.91 Å². The Morgan fingerprint density at radius 1 is 1.31 bits per heavy atom. The lowest BCUT2D eigenvalue weighted by Gasteiger charge is -2.02. The van der Waals surface area contributed by atoms with Crippen LogP contribution in [0.4, 0.5) is 0 Å². The highest BCUT2D eigenvalue weighted by Crippen LogP contribution is 2.17. The van der Waals surface area contributed by atoms with Crippen molar-refractivity contribution in [1.82, 2.24) is 5.32 Å². The molecule has 0 heterocycles. The van der Waals surface area contributed by atoms with Gasteiger partial charge >= 0.3 is 5.97 Å². The number of thioether (sulfide) groups is 1. The molecule has 0 radical (unpaired) electrons. The molecule has 1 amide bonds. The van der Waals surface area contributed by atoms with E-state index in [0.29, 0.717) is 0 Å². The van der Waals surface area contributed by atoms with E-state index in [4.69, 9.17) is 5.11 Å². The Hall–Kier alpha value is -1.49. The summed E-state index contributed by atoms with van der Waals surface area (Å²) in [7, 11) is 0. The fourth-order valence-electron chi connectivity index (χ4n) is 1.01. The second kappa shape index (κ2) is 6.17. The molecule has 0 aliphatic heterocycles. The molecular formula is C11H13NO3S. The summed E-state index contributed by atoms with van der Waals surface area (Å²) >= 11 is 1.38. The van der Waals surface area contributed by atoms with Crippen LogP contribution in [0.2, 0.25) is 0 Å². The molecule has 0 aliphatic carbocycles. The Balaban J connectivity index is 2.31. The van der Waals surface area contributed by atoms with E-state index in [1.807, 2.05) is 31.2 Å². The molecule has 0 aromatic heterocycles. The van der Waals surface area contributed by atoms with Crippen molar-refractivity contribution in [3.05, 3.63) is 29.8 Å². The molecule has 0 bridgehead atoms. The second-order valence-electron chi connectivity index (χ2n) is 3.27. The molecule has 1 aromatic carbocycles. The monoisotopic (exact) mass is 239 g/mol. The van der Waals surface area contributed by atoms with Crippen LogP contribution in [0.1, 0.15) is 5.56 Å². The van der Waals surface area contributed by atoms with Crippen LogP contribution in [0.15, 0.2) is 29.2 Å². The highest BCUT2D eigenvalue weighted by molar-refractivity contribution is 8.00. The van der Waals surface area contributed by atoms with Gasteiger partial charge in [0.15, 0.2) is 0 Å². The molecule has 1 rings (SSSR count). The van der Waals surface area contributed by atoms with E-state index in [2.05, 4.69) is 5.32 Å². The third-order valence-electron chi connectivity index (χ3n) is 1.83. The highest BCUT2D eigenvalue weighted by Gasteiger charge is 2.04. The Kier molecular flexibility index (Phi) is 4.85. The number of aryl methyl sites for hydroxylation is 1. The lowest BCUT2D eigenvalue weighted by molar-refractivity contribution is -0.137. The molecule has 0 spiro atoms. The van der Waals surface area contributed by atoms with Crippen molar-refractivity contribution in [2.75, 3.05) is 12.3 Å². The Morgan fingerprint density at radius 3 is 2.50 bits per heavy atom. The minimum Gasteiger partial charge on any atom is -0.480 e. The van der Waals surface area contributed by atoms with Crippen LogP contribution in [0.3, 0.4) is 0 Å². The van der Waals surface area contributed by atoms with E-state index >= 15 is 0 Å². The van der Waals surface area contributed by atoms with Gasteiger partial charge in [0, 0.05) is 4.90 Å². The third kappa shape index (κ3) is 4.84. The normalized spacial score (nSPS) is 9.81. The van der Waals surface area contributed by atoms with Gasteiger partial charge < -0.3 is 10.4 Å². The molecule has 86 valence electrons. The number of benzene rings is 1. The first-order chi connectivity index (χ1) is 7.58. The largest absolute Gasteiger partial charge is 0.480 e. The van der Waals surface area contributed by atoms with Crippen molar-refractivity contribution in [2.45, 2.75) is 11.8 Å². The van der Waals surface area contributed by atoms with Crippen molar-refractivity contribution in [2.24, 2.45) is 0 Å². The van der Waals surface area contributed by atoms with Crippen LogP contribution in [0, 0.1) is 6.92 Å². The number of hydrogen-bond donors (Lipinski definition) is 2. The summed E-state index contributed by atoms with van der Waals surface area (Å²) in [6.07, 6.45) is 0. The number of aliphatic carboxylic acids is 1. The number of amides is 1. The molecule has 0 unspecified atom stereocenters. The van der Waals surface area contributed by atoms with Gasteiger partial charge in [-0.1, -0.05) is 17.7 Å². The number of hydrogen-bond acceptors (Lipinski definition) is 3. The lowest BCUT2D eigenvalue weighted by atomic mass is 10.2. The first kappa shape index (κ1) is 12.6. The van der Waals surface area contributed by atoms with Gasteiger partial charge in [-0.05, 0) is 19.1 Å². The third-order valence-corrected chi connectivity index (χ3v) is 2.84. The number of carbonyl (C=O) groups excluding carboxylic acids is 1. The number of carboxylic acid groups (broad SMARTS) is 1. The van der Waals surface area contributed by atoms with Gasteiger partial charge in [-0.15, -0.1) is 11.8 Å². The van der Waals surface area contributed by atoms with Crippen LogP contribution in [-0.2, 0) is 9.59 Å². The number of nitrogens with one attached hydrogen (secondary N) is 1. The molecular weight excluding hydrogens is 226 g/mol. The Bertz CT molecular complexity index is 375. The number of carboxylic acids is 1. The summed E-state index contributed by atoms with van der Waals surface area (Å²) in [6, 6.07) is 7.81. The summed E-state index contributed by atoms with van der Waals surface area (Å²) in [5.41, 5.74) is 1.17. The molecule has 5 heteroatoms. The van der Waals surface area contributed by atoms with Crippen LogP contribution < -0.4 is 5.32 Å². The molecule has 2 N–H and O–H groups in total. The van der Waals surface area contributed by atoms with Crippen molar-refractivity contribution in [3.8, 4) is 0 Å². The van der Waals surface area contributed by atoms with Crippen molar-refractivity contribution >= 4 is 23.6 Å². The number of carbonyl (C=O) groups is 2. The van der Waals surface area contributed by atoms with Gasteiger partial charge in [-0.25, -0.2) is 0 Å². The summed E-state index contributed by atoms with van der Waals surface area (Å²) in [5.74, 6) is -1.07. The Labute approximate surface area is 98.0 Å². The molecule has 4 nitrogen and oxygen atoms in total.